The van der Waals surface area contributed by atoms with Crippen molar-refractivity contribution in [3.63, 3.8) is 0 Å². The maximum atomic E-state index is 11.9. The van der Waals surface area contributed by atoms with Gasteiger partial charge in [0.1, 0.15) is 23.7 Å². The lowest BCUT2D eigenvalue weighted by Gasteiger charge is -2.08. The summed E-state index contributed by atoms with van der Waals surface area (Å²) in [4.78, 5) is 7.01. The number of aromatic nitrogens is 2. The van der Waals surface area contributed by atoms with Crippen molar-refractivity contribution >= 4 is 12.2 Å². The van der Waals surface area contributed by atoms with Gasteiger partial charge < -0.3 is 9.72 Å². The van der Waals surface area contributed by atoms with E-state index >= 15 is 0 Å². The van der Waals surface area contributed by atoms with Crippen LogP contribution in [0.5, 0.6) is 0 Å². The second kappa shape index (κ2) is 4.73. The molecule has 7 heteroatoms. The summed E-state index contributed by atoms with van der Waals surface area (Å²) in [6.07, 6.45) is -1.55. The molecule has 1 N–H and O–H groups in total. The molecule has 94 valence electrons. The van der Waals surface area contributed by atoms with Crippen LogP contribution in [0.2, 0.25) is 0 Å². The van der Waals surface area contributed by atoms with Gasteiger partial charge in [-0.05, 0) is 19.3 Å². The zero-order valence-corrected chi connectivity index (χ0v) is 9.75. The van der Waals surface area contributed by atoms with Crippen molar-refractivity contribution in [2.75, 3.05) is 6.61 Å². The second-order valence-corrected chi connectivity index (χ2v) is 4.29. The van der Waals surface area contributed by atoms with Crippen LogP contribution in [-0.4, -0.2) is 22.8 Å². The van der Waals surface area contributed by atoms with Gasteiger partial charge in [0, 0.05) is 11.3 Å². The Balaban J connectivity index is 2.03. The topological polar surface area (TPSA) is 37.9 Å². The third kappa shape index (κ3) is 3.26. The van der Waals surface area contributed by atoms with E-state index < -0.39 is 12.8 Å². The molecule has 0 aliphatic heterocycles. The monoisotopic (exact) mass is 264 g/mol. The molecular formula is C10H11F3N2OS. The summed E-state index contributed by atoms with van der Waals surface area (Å²) < 4.78 is 40.7. The number of hydrogen-bond acceptors (Lipinski definition) is 3. The first-order valence-corrected chi connectivity index (χ1v) is 5.62. The van der Waals surface area contributed by atoms with Crippen molar-refractivity contribution in [1.29, 1.82) is 0 Å². The molecular weight excluding hydrogens is 253 g/mol. The number of hydrogen-bond donors (Lipinski definition) is 1. The number of H-pyrrole nitrogens is 1. The third-order valence-electron chi connectivity index (χ3n) is 2.51. The van der Waals surface area contributed by atoms with Gasteiger partial charge in [-0.2, -0.15) is 13.2 Å². The van der Waals surface area contributed by atoms with Crippen LogP contribution in [0.25, 0.3) is 0 Å². The molecule has 0 unspecified atom stereocenters. The van der Waals surface area contributed by atoms with Crippen molar-refractivity contribution in [2.45, 2.75) is 32.0 Å². The first kappa shape index (κ1) is 12.5. The lowest BCUT2D eigenvalue weighted by Crippen LogP contribution is -2.17. The predicted molar refractivity (Wildman–Crippen MR) is 57.2 cm³/mol. The zero-order chi connectivity index (χ0) is 12.5. The van der Waals surface area contributed by atoms with Gasteiger partial charge in [0.25, 0.3) is 0 Å². The van der Waals surface area contributed by atoms with Gasteiger partial charge >= 0.3 is 6.18 Å². The minimum Gasteiger partial charge on any atom is -0.364 e. The smallest absolute Gasteiger partial charge is 0.364 e. The lowest BCUT2D eigenvalue weighted by molar-refractivity contribution is -0.177. The number of aryl methyl sites for hydroxylation is 1. The van der Waals surface area contributed by atoms with E-state index in [1.807, 2.05) is 0 Å². The van der Waals surface area contributed by atoms with Crippen LogP contribution in [-0.2, 0) is 24.2 Å². The largest absolute Gasteiger partial charge is 0.411 e. The number of ether oxygens (including phenoxy) is 1. The highest BCUT2D eigenvalue weighted by atomic mass is 32.1. The highest BCUT2D eigenvalue weighted by Crippen LogP contribution is 2.21. The Kier molecular flexibility index (Phi) is 3.48. The van der Waals surface area contributed by atoms with Gasteiger partial charge in [-0.15, -0.1) is 0 Å². The first-order chi connectivity index (χ1) is 7.96. The summed E-state index contributed by atoms with van der Waals surface area (Å²) in [6, 6.07) is 0. The highest BCUT2D eigenvalue weighted by molar-refractivity contribution is 7.71. The van der Waals surface area contributed by atoms with E-state index in [9.17, 15) is 13.2 Å². The fourth-order valence-corrected chi connectivity index (χ4v) is 2.18. The van der Waals surface area contributed by atoms with Crippen molar-refractivity contribution in [3.05, 3.63) is 21.7 Å². The molecule has 0 amide bonds. The van der Waals surface area contributed by atoms with Crippen molar-refractivity contribution in [2.24, 2.45) is 0 Å². The fraction of sp³-hybridized carbons (Fsp3) is 0.600. The first-order valence-electron chi connectivity index (χ1n) is 5.21. The third-order valence-corrected chi connectivity index (χ3v) is 2.85. The number of halogens is 3. The van der Waals surface area contributed by atoms with E-state index in [0.717, 1.165) is 30.5 Å². The van der Waals surface area contributed by atoms with Crippen LogP contribution >= 0.6 is 12.2 Å². The molecule has 0 bridgehead atoms. The number of alkyl halides is 3. The Hall–Kier alpha value is -0.950. The minimum atomic E-state index is -4.31. The van der Waals surface area contributed by atoms with Gasteiger partial charge in [-0.25, -0.2) is 4.98 Å². The van der Waals surface area contributed by atoms with Crippen LogP contribution in [0.1, 0.15) is 23.5 Å². The molecule has 0 aromatic carbocycles. The lowest BCUT2D eigenvalue weighted by atomic mass is 10.3. The Morgan fingerprint density at radius 3 is 2.82 bits per heavy atom. The fourth-order valence-electron chi connectivity index (χ4n) is 1.84. The van der Waals surface area contributed by atoms with Gasteiger partial charge in [0.2, 0.25) is 0 Å². The summed E-state index contributed by atoms with van der Waals surface area (Å²) in [5.74, 6) is 0.361. The molecule has 0 radical (unpaired) electrons. The molecule has 1 aliphatic rings. The molecule has 0 saturated heterocycles. The Morgan fingerprint density at radius 2 is 2.12 bits per heavy atom. The van der Waals surface area contributed by atoms with Gasteiger partial charge in [-0.1, -0.05) is 12.2 Å². The Morgan fingerprint density at radius 1 is 1.35 bits per heavy atom. The average Bonchev–Trinajstić information content (AvgIpc) is 2.64. The summed E-state index contributed by atoms with van der Waals surface area (Å²) in [6.45, 7) is -1.47. The van der Waals surface area contributed by atoms with E-state index in [-0.39, 0.29) is 6.61 Å². The molecule has 1 aromatic rings. The van der Waals surface area contributed by atoms with Gasteiger partial charge in [-0.3, -0.25) is 0 Å². The highest BCUT2D eigenvalue weighted by Gasteiger charge is 2.27. The van der Waals surface area contributed by atoms with E-state index in [4.69, 9.17) is 12.2 Å². The molecule has 1 aliphatic carbocycles. The van der Waals surface area contributed by atoms with Crippen LogP contribution in [0.4, 0.5) is 13.2 Å². The van der Waals surface area contributed by atoms with E-state index in [1.165, 1.54) is 0 Å². The van der Waals surface area contributed by atoms with Crippen molar-refractivity contribution in [1.82, 2.24) is 9.97 Å². The normalized spacial score (nSPS) is 15.0. The summed E-state index contributed by atoms with van der Waals surface area (Å²) in [5.41, 5.74) is 2.00. The predicted octanol–water partition coefficient (Wildman–Crippen LogP) is 2.71. The van der Waals surface area contributed by atoms with Crippen LogP contribution in [0.15, 0.2) is 0 Å². The molecule has 0 fully saturated rings. The van der Waals surface area contributed by atoms with Crippen molar-refractivity contribution < 1.29 is 17.9 Å². The van der Waals surface area contributed by atoms with Crippen LogP contribution < -0.4 is 0 Å². The molecule has 0 saturated carbocycles. The minimum absolute atomic E-state index is 0.198. The quantitative estimate of drug-likeness (QED) is 0.853. The maximum Gasteiger partial charge on any atom is 0.411 e. The molecule has 3 nitrogen and oxygen atoms in total. The molecule has 17 heavy (non-hydrogen) atoms. The van der Waals surface area contributed by atoms with Gasteiger partial charge in [0.05, 0.1) is 0 Å². The molecule has 1 aromatic heterocycles. The average molecular weight is 264 g/mol. The van der Waals surface area contributed by atoms with Gasteiger partial charge in [0.15, 0.2) is 0 Å². The number of aromatic amines is 1. The maximum absolute atomic E-state index is 11.9. The molecule has 2 rings (SSSR count). The van der Waals surface area contributed by atoms with Crippen molar-refractivity contribution in [3.8, 4) is 0 Å². The van der Waals surface area contributed by atoms with E-state index in [2.05, 4.69) is 14.7 Å². The molecule has 1 heterocycles. The number of rotatable bonds is 3. The van der Waals surface area contributed by atoms with Crippen LogP contribution in [0.3, 0.4) is 0 Å². The number of fused-ring (bicyclic) bond motifs is 1. The molecule has 0 atom stereocenters. The number of nitrogens with zero attached hydrogens (tertiary/aromatic N) is 1. The standard InChI is InChI=1S/C10H11F3N2OS/c11-10(12,13)5-16-4-8-14-7-3-1-2-6(7)9(17)15-8/h1-5H2,(H,14,15,17). The van der Waals surface area contributed by atoms with E-state index in [0.29, 0.717) is 10.5 Å². The summed E-state index contributed by atoms with van der Waals surface area (Å²) in [5, 5.41) is 0. The van der Waals surface area contributed by atoms with E-state index in [1.54, 1.807) is 0 Å². The summed E-state index contributed by atoms with van der Waals surface area (Å²) >= 11 is 5.08. The Labute approximate surface area is 101 Å². The zero-order valence-electron chi connectivity index (χ0n) is 8.93. The SMILES string of the molecule is FC(F)(F)COCc1nc(=S)c2c([nH]1)CCC2. The van der Waals surface area contributed by atoms with Crippen LogP contribution in [0, 0.1) is 4.64 Å². The molecule has 0 spiro atoms. The summed E-state index contributed by atoms with van der Waals surface area (Å²) in [7, 11) is 0. The number of nitrogens with one attached hydrogen (secondary N) is 1. The second-order valence-electron chi connectivity index (χ2n) is 3.91. The Bertz CT molecular complexity index is 470.